The van der Waals surface area contributed by atoms with Crippen molar-refractivity contribution >= 4 is 5.91 Å². The van der Waals surface area contributed by atoms with Gasteiger partial charge in [0.15, 0.2) is 5.82 Å². The number of aryl methyl sites for hydroxylation is 1. The van der Waals surface area contributed by atoms with Crippen LogP contribution >= 0.6 is 0 Å². The molecule has 3 heterocycles. The molecular weight excluding hydrogens is 310 g/mol. The fourth-order valence-electron chi connectivity index (χ4n) is 3.46. The third kappa shape index (κ3) is 2.45. The van der Waals surface area contributed by atoms with E-state index in [0.717, 1.165) is 11.3 Å². The van der Waals surface area contributed by atoms with E-state index in [-0.39, 0.29) is 24.0 Å². The van der Waals surface area contributed by atoms with Crippen molar-refractivity contribution in [3.8, 4) is 5.75 Å². The first kappa shape index (κ1) is 15.1. The predicted molar refractivity (Wildman–Crippen MR) is 83.6 cm³/mol. The minimum absolute atomic E-state index is 0.0142. The monoisotopic (exact) mass is 329 g/mol. The number of rotatable bonds is 3. The number of methoxy groups -OCH3 is 1. The lowest BCUT2D eigenvalue weighted by Gasteiger charge is -2.24. The summed E-state index contributed by atoms with van der Waals surface area (Å²) in [5.41, 5.74) is 0.934. The van der Waals surface area contributed by atoms with Gasteiger partial charge in [-0.15, -0.1) is 0 Å². The molecule has 1 fully saturated rings. The molecular formula is C17H19N3O4. The number of hydrogen-bond acceptors (Lipinski definition) is 6. The maximum Gasteiger partial charge on any atom is 0.249 e. The van der Waals surface area contributed by atoms with Crippen molar-refractivity contribution in [1.82, 2.24) is 15.0 Å². The zero-order valence-electron chi connectivity index (χ0n) is 13.6. The number of carbonyl (C=O) groups excluding carboxylic acids is 1. The Kier molecular flexibility index (Phi) is 3.72. The smallest absolute Gasteiger partial charge is 0.249 e. The fraction of sp³-hybridized carbons (Fsp3) is 0.471. The van der Waals surface area contributed by atoms with E-state index >= 15 is 0 Å². The van der Waals surface area contributed by atoms with Crippen molar-refractivity contribution in [2.24, 2.45) is 0 Å². The van der Waals surface area contributed by atoms with Crippen LogP contribution in [-0.4, -0.2) is 47.3 Å². The molecule has 7 nitrogen and oxygen atoms in total. The van der Waals surface area contributed by atoms with Gasteiger partial charge < -0.3 is 18.9 Å². The lowest BCUT2D eigenvalue weighted by atomic mass is 9.99. The Labute approximate surface area is 139 Å². The first-order valence-corrected chi connectivity index (χ1v) is 8.02. The molecule has 4 rings (SSSR count). The molecule has 1 aromatic heterocycles. The summed E-state index contributed by atoms with van der Waals surface area (Å²) in [6.45, 7) is 2.64. The first-order valence-electron chi connectivity index (χ1n) is 8.02. The number of para-hydroxylation sites is 1. The summed E-state index contributed by atoms with van der Waals surface area (Å²) >= 11 is 0. The van der Waals surface area contributed by atoms with E-state index in [1.165, 1.54) is 0 Å². The van der Waals surface area contributed by atoms with Gasteiger partial charge >= 0.3 is 0 Å². The van der Waals surface area contributed by atoms with Gasteiger partial charge in [-0.25, -0.2) is 0 Å². The second-order valence-corrected chi connectivity index (χ2v) is 6.18. The molecule has 0 spiro atoms. The number of ether oxygens (including phenoxy) is 2. The Bertz CT molecular complexity index is 760. The second kappa shape index (κ2) is 5.90. The maximum atomic E-state index is 13.2. The number of carbonyl (C=O) groups is 1. The van der Waals surface area contributed by atoms with Crippen molar-refractivity contribution < 1.29 is 18.8 Å². The molecule has 24 heavy (non-hydrogen) atoms. The molecule has 0 N–H and O–H groups in total. The minimum Gasteiger partial charge on any atom is -0.492 e. The topological polar surface area (TPSA) is 77.7 Å². The fourth-order valence-corrected chi connectivity index (χ4v) is 3.46. The van der Waals surface area contributed by atoms with E-state index in [0.29, 0.717) is 31.3 Å². The summed E-state index contributed by atoms with van der Waals surface area (Å²) in [7, 11) is 1.66. The van der Waals surface area contributed by atoms with Crippen LogP contribution in [0.5, 0.6) is 5.75 Å². The van der Waals surface area contributed by atoms with Gasteiger partial charge in [0.25, 0.3) is 0 Å². The molecule has 7 heteroatoms. The number of aromatic nitrogens is 2. The number of nitrogens with zero attached hydrogens (tertiary/aromatic N) is 3. The molecule has 0 aliphatic carbocycles. The Morgan fingerprint density at radius 1 is 1.38 bits per heavy atom. The number of amides is 1. The number of fused-ring (bicyclic) bond motifs is 1. The Hall–Kier alpha value is -2.41. The van der Waals surface area contributed by atoms with Crippen molar-refractivity contribution in [3.05, 3.63) is 41.5 Å². The number of likely N-dealkylation sites (tertiary alicyclic amines) is 1. The summed E-state index contributed by atoms with van der Waals surface area (Å²) in [6, 6.07) is 7.42. The SMILES string of the molecule is CO[C@@H]1C[C@H](c2nc(C)no2)N(C(=O)[C@H]2COc3ccccc32)C1. The average molecular weight is 329 g/mol. The van der Waals surface area contributed by atoms with E-state index in [9.17, 15) is 4.79 Å². The molecule has 0 saturated carbocycles. The van der Waals surface area contributed by atoms with Crippen LogP contribution in [0.15, 0.2) is 28.8 Å². The molecule has 0 bridgehead atoms. The van der Waals surface area contributed by atoms with Gasteiger partial charge in [-0.1, -0.05) is 23.4 Å². The molecule has 2 aliphatic heterocycles. The Morgan fingerprint density at radius 2 is 2.21 bits per heavy atom. The Morgan fingerprint density at radius 3 is 2.96 bits per heavy atom. The van der Waals surface area contributed by atoms with Crippen molar-refractivity contribution in [3.63, 3.8) is 0 Å². The van der Waals surface area contributed by atoms with Gasteiger partial charge in [0.05, 0.1) is 6.10 Å². The van der Waals surface area contributed by atoms with E-state index in [1.54, 1.807) is 18.9 Å². The van der Waals surface area contributed by atoms with Crippen LogP contribution in [0.2, 0.25) is 0 Å². The molecule has 0 radical (unpaired) electrons. The van der Waals surface area contributed by atoms with Gasteiger partial charge in [0, 0.05) is 25.6 Å². The van der Waals surface area contributed by atoms with Crippen molar-refractivity contribution in [2.45, 2.75) is 31.4 Å². The highest BCUT2D eigenvalue weighted by molar-refractivity contribution is 5.86. The third-order valence-corrected chi connectivity index (χ3v) is 4.71. The summed E-state index contributed by atoms with van der Waals surface area (Å²) in [5.74, 6) is 1.52. The summed E-state index contributed by atoms with van der Waals surface area (Å²) in [5, 5.41) is 3.85. The predicted octanol–water partition coefficient (Wildman–Crippen LogP) is 1.84. The minimum atomic E-state index is -0.302. The highest BCUT2D eigenvalue weighted by Crippen LogP contribution is 2.39. The van der Waals surface area contributed by atoms with Crippen LogP contribution in [0, 0.1) is 6.92 Å². The molecule has 126 valence electrons. The molecule has 1 aromatic carbocycles. The number of benzene rings is 1. The van der Waals surface area contributed by atoms with Gasteiger partial charge in [0.1, 0.15) is 24.3 Å². The van der Waals surface area contributed by atoms with Crippen LogP contribution in [0.25, 0.3) is 0 Å². The summed E-state index contributed by atoms with van der Waals surface area (Å²) in [6.07, 6.45) is 0.614. The zero-order chi connectivity index (χ0) is 16.7. The molecule has 1 amide bonds. The van der Waals surface area contributed by atoms with Crippen LogP contribution in [-0.2, 0) is 9.53 Å². The second-order valence-electron chi connectivity index (χ2n) is 6.18. The van der Waals surface area contributed by atoms with Gasteiger partial charge in [0.2, 0.25) is 11.8 Å². The maximum absolute atomic E-state index is 13.2. The van der Waals surface area contributed by atoms with E-state index in [4.69, 9.17) is 14.0 Å². The largest absolute Gasteiger partial charge is 0.492 e. The van der Waals surface area contributed by atoms with Crippen LogP contribution in [0.3, 0.4) is 0 Å². The quantitative estimate of drug-likeness (QED) is 0.855. The molecule has 1 saturated heterocycles. The van der Waals surface area contributed by atoms with Gasteiger partial charge in [-0.05, 0) is 13.0 Å². The highest BCUT2D eigenvalue weighted by atomic mass is 16.5. The average Bonchev–Trinajstić information content (AvgIpc) is 3.31. The highest BCUT2D eigenvalue weighted by Gasteiger charge is 2.43. The zero-order valence-corrected chi connectivity index (χ0v) is 13.6. The summed E-state index contributed by atoms with van der Waals surface area (Å²) < 4.78 is 16.4. The normalized spacial score (nSPS) is 25.6. The number of hydrogen-bond donors (Lipinski definition) is 0. The van der Waals surface area contributed by atoms with Gasteiger partial charge in [-0.3, -0.25) is 4.79 Å². The lowest BCUT2D eigenvalue weighted by Crippen LogP contribution is -2.36. The third-order valence-electron chi connectivity index (χ3n) is 4.71. The van der Waals surface area contributed by atoms with Crippen LogP contribution in [0.1, 0.15) is 35.7 Å². The van der Waals surface area contributed by atoms with Crippen molar-refractivity contribution in [2.75, 3.05) is 20.3 Å². The molecule has 3 atom stereocenters. The summed E-state index contributed by atoms with van der Waals surface area (Å²) in [4.78, 5) is 19.3. The van der Waals surface area contributed by atoms with E-state index in [2.05, 4.69) is 10.1 Å². The molecule has 0 unspecified atom stereocenters. The molecule has 2 aliphatic rings. The lowest BCUT2D eigenvalue weighted by molar-refractivity contribution is -0.134. The van der Waals surface area contributed by atoms with E-state index < -0.39 is 0 Å². The van der Waals surface area contributed by atoms with E-state index in [1.807, 2.05) is 24.3 Å². The van der Waals surface area contributed by atoms with Crippen LogP contribution < -0.4 is 4.74 Å². The van der Waals surface area contributed by atoms with Gasteiger partial charge in [-0.2, -0.15) is 4.98 Å². The van der Waals surface area contributed by atoms with Crippen molar-refractivity contribution in [1.29, 1.82) is 0 Å². The molecule has 2 aromatic rings. The standard InChI is InChI=1S/C17H19N3O4/c1-10-18-16(24-19-10)14-7-11(22-2)8-20(14)17(21)13-9-23-15-6-4-3-5-12(13)15/h3-6,11,13-14H,7-9H2,1-2H3/t11-,13+,14-/m1/s1. The Balaban J connectivity index is 1.62. The first-order chi connectivity index (χ1) is 11.7. The van der Waals surface area contributed by atoms with Crippen LogP contribution in [0.4, 0.5) is 0 Å².